The lowest BCUT2D eigenvalue weighted by Gasteiger charge is -2.21. The molecule has 1 aromatic heterocycles. The number of aryl methyl sites for hydroxylation is 1. The van der Waals surface area contributed by atoms with Gasteiger partial charge in [0.25, 0.3) is 6.43 Å². The highest BCUT2D eigenvalue weighted by Gasteiger charge is 2.16. The molecular weight excluding hydrogens is 238 g/mol. The summed E-state index contributed by atoms with van der Waals surface area (Å²) in [7, 11) is 1.62. The molecule has 0 aliphatic carbocycles. The van der Waals surface area contributed by atoms with Gasteiger partial charge in [0, 0.05) is 25.6 Å². The molecule has 102 valence electrons. The Hall–Kier alpha value is -1.46. The highest BCUT2D eigenvalue weighted by atomic mass is 19.3. The van der Waals surface area contributed by atoms with Gasteiger partial charge in [-0.3, -0.25) is 0 Å². The molecule has 0 spiro atoms. The van der Waals surface area contributed by atoms with E-state index in [1.165, 1.54) is 4.90 Å². The summed E-state index contributed by atoms with van der Waals surface area (Å²) in [4.78, 5) is 10.2. The van der Waals surface area contributed by atoms with Crippen LogP contribution < -0.4 is 10.2 Å². The largest absolute Gasteiger partial charge is 0.370 e. The zero-order valence-corrected chi connectivity index (χ0v) is 11.3. The molecule has 0 saturated heterocycles. The van der Waals surface area contributed by atoms with Gasteiger partial charge in [-0.2, -0.15) is 0 Å². The van der Waals surface area contributed by atoms with Crippen LogP contribution in [0.15, 0.2) is 0 Å². The fourth-order valence-electron chi connectivity index (χ4n) is 1.71. The molecule has 18 heavy (non-hydrogen) atoms. The van der Waals surface area contributed by atoms with Gasteiger partial charge in [0.05, 0.1) is 6.54 Å². The van der Waals surface area contributed by atoms with Crippen molar-refractivity contribution >= 4 is 11.6 Å². The summed E-state index contributed by atoms with van der Waals surface area (Å²) in [5.74, 6) is 1.95. The normalized spacial score (nSPS) is 10.8. The fourth-order valence-corrected chi connectivity index (χ4v) is 1.71. The minimum absolute atomic E-state index is 0.327. The molecule has 0 radical (unpaired) electrons. The van der Waals surface area contributed by atoms with Crippen LogP contribution in [0.4, 0.5) is 20.4 Å². The van der Waals surface area contributed by atoms with E-state index in [4.69, 9.17) is 0 Å². The van der Waals surface area contributed by atoms with E-state index in [2.05, 4.69) is 15.3 Å². The van der Waals surface area contributed by atoms with E-state index in [0.717, 1.165) is 17.9 Å². The van der Waals surface area contributed by atoms with Crippen LogP contribution in [0.2, 0.25) is 0 Å². The second kappa shape index (κ2) is 6.47. The fraction of sp³-hybridized carbons (Fsp3) is 0.667. The van der Waals surface area contributed by atoms with Gasteiger partial charge in [-0.1, -0.05) is 6.92 Å². The second-order valence-corrected chi connectivity index (χ2v) is 4.09. The number of hydrogen-bond donors (Lipinski definition) is 1. The second-order valence-electron chi connectivity index (χ2n) is 4.09. The average Bonchev–Trinajstić information content (AvgIpc) is 2.31. The number of anilines is 2. The summed E-state index contributed by atoms with van der Waals surface area (Å²) in [6, 6.07) is 0. The van der Waals surface area contributed by atoms with Gasteiger partial charge in [-0.05, 0) is 13.8 Å². The zero-order valence-electron chi connectivity index (χ0n) is 11.3. The molecule has 0 fully saturated rings. The van der Waals surface area contributed by atoms with Crippen molar-refractivity contribution in [2.24, 2.45) is 0 Å². The van der Waals surface area contributed by atoms with Gasteiger partial charge in [-0.25, -0.2) is 18.7 Å². The third kappa shape index (κ3) is 3.51. The molecule has 6 heteroatoms. The molecule has 4 nitrogen and oxygen atoms in total. The van der Waals surface area contributed by atoms with Gasteiger partial charge in [-0.15, -0.1) is 0 Å². The highest BCUT2D eigenvalue weighted by molar-refractivity contribution is 5.58. The van der Waals surface area contributed by atoms with Crippen molar-refractivity contribution in [3.8, 4) is 0 Å². The van der Waals surface area contributed by atoms with Crippen LogP contribution in [-0.4, -0.2) is 36.5 Å². The molecule has 0 bridgehead atoms. The lowest BCUT2D eigenvalue weighted by atomic mass is 10.2. The van der Waals surface area contributed by atoms with Crippen molar-refractivity contribution in [3.05, 3.63) is 11.4 Å². The first-order valence-electron chi connectivity index (χ1n) is 6.10. The van der Waals surface area contributed by atoms with E-state index in [9.17, 15) is 8.78 Å². The molecule has 0 amide bonds. The molecule has 1 heterocycles. The van der Waals surface area contributed by atoms with Crippen molar-refractivity contribution in [1.29, 1.82) is 0 Å². The number of nitrogens with zero attached hydrogens (tertiary/aromatic N) is 3. The maximum Gasteiger partial charge on any atom is 0.255 e. The summed E-state index contributed by atoms with van der Waals surface area (Å²) in [5.41, 5.74) is 0.803. The molecule has 0 aromatic carbocycles. The van der Waals surface area contributed by atoms with E-state index in [1.807, 2.05) is 20.8 Å². The third-order valence-corrected chi connectivity index (χ3v) is 2.60. The molecule has 1 aromatic rings. The predicted molar refractivity (Wildman–Crippen MR) is 69.6 cm³/mol. The zero-order chi connectivity index (χ0) is 13.7. The number of rotatable bonds is 6. The Morgan fingerprint density at radius 1 is 1.28 bits per heavy atom. The molecular formula is C12H20F2N4. The minimum atomic E-state index is -2.38. The minimum Gasteiger partial charge on any atom is -0.370 e. The van der Waals surface area contributed by atoms with Crippen LogP contribution in [0.5, 0.6) is 0 Å². The standard InChI is InChI=1S/C12H20F2N4/c1-5-10-16-11(15-6-2)8(3)12(17-10)18(4)7-9(13)14/h9H,5-7H2,1-4H3,(H,15,16,17). The maximum atomic E-state index is 12.4. The summed E-state index contributed by atoms with van der Waals surface area (Å²) < 4.78 is 24.9. The smallest absolute Gasteiger partial charge is 0.255 e. The number of hydrogen-bond acceptors (Lipinski definition) is 4. The number of nitrogens with one attached hydrogen (secondary N) is 1. The molecule has 0 aliphatic heterocycles. The Balaban J connectivity index is 3.12. The molecule has 0 saturated carbocycles. The van der Waals surface area contributed by atoms with E-state index < -0.39 is 6.43 Å². The van der Waals surface area contributed by atoms with Crippen molar-refractivity contribution in [2.75, 3.05) is 30.4 Å². The van der Waals surface area contributed by atoms with Gasteiger partial charge < -0.3 is 10.2 Å². The number of alkyl halides is 2. The van der Waals surface area contributed by atoms with Crippen molar-refractivity contribution in [2.45, 2.75) is 33.6 Å². The first-order valence-corrected chi connectivity index (χ1v) is 6.10. The number of halogens is 2. The van der Waals surface area contributed by atoms with Crippen LogP contribution in [-0.2, 0) is 6.42 Å². The topological polar surface area (TPSA) is 41.1 Å². The van der Waals surface area contributed by atoms with Crippen molar-refractivity contribution in [1.82, 2.24) is 9.97 Å². The third-order valence-electron chi connectivity index (χ3n) is 2.60. The van der Waals surface area contributed by atoms with Gasteiger partial charge in [0.15, 0.2) is 0 Å². The van der Waals surface area contributed by atoms with Crippen LogP contribution >= 0.6 is 0 Å². The van der Waals surface area contributed by atoms with Crippen LogP contribution in [0.25, 0.3) is 0 Å². The molecule has 0 aliphatic rings. The predicted octanol–water partition coefficient (Wildman–Crippen LogP) is 2.48. The van der Waals surface area contributed by atoms with Gasteiger partial charge in [0.1, 0.15) is 17.5 Å². The van der Waals surface area contributed by atoms with Crippen LogP contribution in [0, 0.1) is 6.92 Å². The Bertz CT molecular complexity index is 396. The molecule has 1 rings (SSSR count). The van der Waals surface area contributed by atoms with Gasteiger partial charge >= 0.3 is 0 Å². The molecule has 1 N–H and O–H groups in total. The lowest BCUT2D eigenvalue weighted by Crippen LogP contribution is -2.26. The Morgan fingerprint density at radius 2 is 1.94 bits per heavy atom. The first kappa shape index (κ1) is 14.6. The Kier molecular flexibility index (Phi) is 5.25. The quantitative estimate of drug-likeness (QED) is 0.851. The lowest BCUT2D eigenvalue weighted by molar-refractivity contribution is 0.156. The van der Waals surface area contributed by atoms with E-state index in [1.54, 1.807) is 7.05 Å². The summed E-state index contributed by atoms with van der Waals surface area (Å²) >= 11 is 0. The van der Waals surface area contributed by atoms with E-state index >= 15 is 0 Å². The average molecular weight is 258 g/mol. The number of aromatic nitrogens is 2. The van der Waals surface area contributed by atoms with E-state index in [0.29, 0.717) is 18.1 Å². The van der Waals surface area contributed by atoms with E-state index in [-0.39, 0.29) is 6.54 Å². The Morgan fingerprint density at radius 3 is 2.44 bits per heavy atom. The van der Waals surface area contributed by atoms with Gasteiger partial charge in [0.2, 0.25) is 0 Å². The van der Waals surface area contributed by atoms with Crippen molar-refractivity contribution in [3.63, 3.8) is 0 Å². The molecule has 0 unspecified atom stereocenters. The summed E-state index contributed by atoms with van der Waals surface area (Å²) in [6.07, 6.45) is -1.70. The van der Waals surface area contributed by atoms with Crippen LogP contribution in [0.3, 0.4) is 0 Å². The summed E-state index contributed by atoms with van der Waals surface area (Å²) in [6.45, 7) is 6.16. The van der Waals surface area contributed by atoms with Crippen molar-refractivity contribution < 1.29 is 8.78 Å². The highest BCUT2D eigenvalue weighted by Crippen LogP contribution is 2.23. The maximum absolute atomic E-state index is 12.4. The molecule has 0 atom stereocenters. The monoisotopic (exact) mass is 258 g/mol. The first-order chi connectivity index (χ1) is 8.49. The SMILES string of the molecule is CCNc1nc(CC)nc(N(C)CC(F)F)c1C. The summed E-state index contributed by atoms with van der Waals surface area (Å²) in [5, 5.41) is 3.13. The Labute approximate surface area is 106 Å². The van der Waals surface area contributed by atoms with Crippen LogP contribution in [0.1, 0.15) is 25.2 Å².